The molecule has 2 saturated heterocycles. The van der Waals surface area contributed by atoms with E-state index in [4.69, 9.17) is 0 Å². The summed E-state index contributed by atoms with van der Waals surface area (Å²) in [4.78, 5) is 14.6. The van der Waals surface area contributed by atoms with Crippen molar-refractivity contribution in [2.24, 2.45) is 17.8 Å². The van der Waals surface area contributed by atoms with Crippen LogP contribution in [0.1, 0.15) is 33.1 Å². The Morgan fingerprint density at radius 3 is 2.89 bits per heavy atom. The van der Waals surface area contributed by atoms with E-state index in [9.17, 15) is 10.1 Å². The number of nitrogens with zero attached hydrogens (tertiary/aromatic N) is 2. The second-order valence-corrected chi connectivity index (χ2v) is 6.32. The second-order valence-electron chi connectivity index (χ2n) is 6.32. The first kappa shape index (κ1) is 12.0. The minimum atomic E-state index is -0.170. The molecule has 0 aromatic heterocycles. The van der Waals surface area contributed by atoms with Crippen molar-refractivity contribution in [3.63, 3.8) is 0 Å². The molecule has 0 spiro atoms. The number of hydrogen-bond acceptors (Lipinski definition) is 3. The van der Waals surface area contributed by atoms with Crippen molar-refractivity contribution in [1.29, 1.82) is 5.26 Å². The number of likely N-dealkylation sites (tertiary alicyclic amines) is 1. The maximum absolute atomic E-state index is 12.7. The number of nitrogens with one attached hydrogen (secondary N) is 1. The van der Waals surface area contributed by atoms with E-state index < -0.39 is 0 Å². The van der Waals surface area contributed by atoms with Crippen LogP contribution in [-0.2, 0) is 4.79 Å². The fourth-order valence-electron chi connectivity index (χ4n) is 3.76. The van der Waals surface area contributed by atoms with Crippen molar-refractivity contribution in [2.75, 3.05) is 6.54 Å². The monoisotopic (exact) mass is 247 g/mol. The van der Waals surface area contributed by atoms with Crippen LogP contribution in [0.5, 0.6) is 0 Å². The summed E-state index contributed by atoms with van der Waals surface area (Å²) in [6.45, 7) is 5.30. The minimum absolute atomic E-state index is 0.0554. The van der Waals surface area contributed by atoms with Crippen molar-refractivity contribution < 1.29 is 4.79 Å². The number of amides is 1. The van der Waals surface area contributed by atoms with E-state index >= 15 is 0 Å². The molecule has 4 nitrogen and oxygen atoms in total. The van der Waals surface area contributed by atoms with Crippen LogP contribution in [0.2, 0.25) is 0 Å². The van der Waals surface area contributed by atoms with Crippen LogP contribution in [0, 0.1) is 29.1 Å². The Kier molecular flexibility index (Phi) is 2.82. The van der Waals surface area contributed by atoms with Crippen molar-refractivity contribution >= 4 is 5.91 Å². The molecule has 18 heavy (non-hydrogen) atoms. The summed E-state index contributed by atoms with van der Waals surface area (Å²) in [5, 5.41) is 12.5. The third-order valence-corrected chi connectivity index (χ3v) is 4.90. The van der Waals surface area contributed by atoms with E-state index in [2.05, 4.69) is 25.2 Å². The van der Waals surface area contributed by atoms with Gasteiger partial charge in [-0.2, -0.15) is 5.26 Å². The Balaban J connectivity index is 1.76. The summed E-state index contributed by atoms with van der Waals surface area (Å²) in [7, 11) is 0. The van der Waals surface area contributed by atoms with Gasteiger partial charge in [0.2, 0.25) is 5.91 Å². The Morgan fingerprint density at radius 1 is 1.44 bits per heavy atom. The van der Waals surface area contributed by atoms with Crippen molar-refractivity contribution in [1.82, 2.24) is 10.2 Å². The molecule has 5 unspecified atom stereocenters. The number of rotatable bonds is 2. The Bertz CT molecular complexity index is 400. The van der Waals surface area contributed by atoms with Gasteiger partial charge >= 0.3 is 0 Å². The van der Waals surface area contributed by atoms with Crippen LogP contribution in [0.15, 0.2) is 0 Å². The molecule has 2 heterocycles. The first-order chi connectivity index (χ1) is 8.63. The molecular weight excluding hydrogens is 226 g/mol. The lowest BCUT2D eigenvalue weighted by molar-refractivity contribution is -0.135. The number of carbonyl (C=O) groups is 1. The van der Waals surface area contributed by atoms with Crippen LogP contribution >= 0.6 is 0 Å². The molecule has 3 aliphatic rings. The fourth-order valence-corrected chi connectivity index (χ4v) is 3.76. The summed E-state index contributed by atoms with van der Waals surface area (Å²) in [6, 6.07) is 2.45. The van der Waals surface area contributed by atoms with Crippen LogP contribution in [-0.4, -0.2) is 35.5 Å². The van der Waals surface area contributed by atoms with Crippen molar-refractivity contribution in [3.8, 4) is 6.07 Å². The normalized spacial score (nSPS) is 41.9. The highest BCUT2D eigenvalue weighted by atomic mass is 16.2. The lowest BCUT2D eigenvalue weighted by Crippen LogP contribution is -2.50. The summed E-state index contributed by atoms with van der Waals surface area (Å²) < 4.78 is 0. The zero-order chi connectivity index (χ0) is 12.9. The standard InChI is InChI=1S/C14H21N3O/c1-8(2)11-3-4-16-13(11)14(18)17-10(7-15)5-9-6-12(9)17/h8-13,16H,3-6H2,1-2H3. The van der Waals surface area contributed by atoms with Gasteiger partial charge in [0.05, 0.1) is 12.1 Å². The fraction of sp³-hybridized carbons (Fsp3) is 0.857. The van der Waals surface area contributed by atoms with Crippen LogP contribution < -0.4 is 5.32 Å². The molecule has 98 valence electrons. The van der Waals surface area contributed by atoms with Crippen LogP contribution in [0.4, 0.5) is 0 Å². The Labute approximate surface area is 108 Å². The van der Waals surface area contributed by atoms with Crippen molar-refractivity contribution in [3.05, 3.63) is 0 Å². The summed E-state index contributed by atoms with van der Waals surface area (Å²) in [6.07, 6.45) is 3.09. The minimum Gasteiger partial charge on any atom is -0.322 e. The number of nitriles is 1. The van der Waals surface area contributed by atoms with Crippen LogP contribution in [0.25, 0.3) is 0 Å². The van der Waals surface area contributed by atoms with E-state index in [0.717, 1.165) is 25.8 Å². The Morgan fingerprint density at radius 2 is 2.22 bits per heavy atom. The average molecular weight is 247 g/mol. The van der Waals surface area contributed by atoms with Gasteiger partial charge in [0, 0.05) is 6.04 Å². The molecule has 4 heteroatoms. The van der Waals surface area contributed by atoms with Gasteiger partial charge < -0.3 is 10.2 Å². The molecule has 2 aliphatic heterocycles. The van der Waals surface area contributed by atoms with Gasteiger partial charge in [0.25, 0.3) is 0 Å². The highest BCUT2D eigenvalue weighted by Crippen LogP contribution is 2.48. The molecule has 0 bridgehead atoms. The average Bonchev–Trinajstić information content (AvgIpc) is 2.82. The molecule has 1 saturated carbocycles. The largest absolute Gasteiger partial charge is 0.322 e. The van der Waals surface area contributed by atoms with E-state index in [0.29, 0.717) is 23.8 Å². The first-order valence-electron chi connectivity index (χ1n) is 7.08. The van der Waals surface area contributed by atoms with E-state index in [1.54, 1.807) is 0 Å². The third kappa shape index (κ3) is 1.73. The molecular formula is C14H21N3O. The maximum atomic E-state index is 12.7. The summed E-state index contributed by atoms with van der Waals surface area (Å²) in [5.41, 5.74) is 0. The lowest BCUT2D eigenvalue weighted by atomic mass is 9.88. The van der Waals surface area contributed by atoms with E-state index in [1.807, 2.05) is 4.90 Å². The quantitative estimate of drug-likeness (QED) is 0.796. The maximum Gasteiger partial charge on any atom is 0.241 e. The van der Waals surface area contributed by atoms with Gasteiger partial charge in [0.1, 0.15) is 6.04 Å². The molecule has 1 N–H and O–H groups in total. The summed E-state index contributed by atoms with van der Waals surface area (Å²) >= 11 is 0. The van der Waals surface area contributed by atoms with Gasteiger partial charge in [-0.25, -0.2) is 0 Å². The first-order valence-corrected chi connectivity index (χ1v) is 7.08. The molecule has 5 atom stereocenters. The number of fused-ring (bicyclic) bond motifs is 1. The third-order valence-electron chi connectivity index (χ3n) is 4.90. The molecule has 1 amide bonds. The van der Waals surface area contributed by atoms with Gasteiger partial charge in [-0.15, -0.1) is 0 Å². The zero-order valence-electron chi connectivity index (χ0n) is 11.1. The predicted octanol–water partition coefficient (Wildman–Crippen LogP) is 1.13. The smallest absolute Gasteiger partial charge is 0.241 e. The molecule has 3 fully saturated rings. The molecule has 3 rings (SSSR count). The Hall–Kier alpha value is -1.08. The van der Waals surface area contributed by atoms with Crippen molar-refractivity contribution in [2.45, 2.75) is 51.2 Å². The van der Waals surface area contributed by atoms with Gasteiger partial charge in [-0.1, -0.05) is 13.8 Å². The highest BCUT2D eigenvalue weighted by molar-refractivity contribution is 5.84. The summed E-state index contributed by atoms with van der Waals surface area (Å²) in [5.74, 6) is 1.74. The van der Waals surface area contributed by atoms with E-state index in [1.165, 1.54) is 0 Å². The zero-order valence-corrected chi connectivity index (χ0v) is 11.1. The lowest BCUT2D eigenvalue weighted by Gasteiger charge is -2.30. The van der Waals surface area contributed by atoms with Crippen LogP contribution in [0.3, 0.4) is 0 Å². The molecule has 1 aliphatic carbocycles. The van der Waals surface area contributed by atoms with Gasteiger partial charge in [-0.05, 0) is 43.6 Å². The van der Waals surface area contributed by atoms with Gasteiger partial charge in [0.15, 0.2) is 0 Å². The highest BCUT2D eigenvalue weighted by Gasteiger charge is 2.55. The number of carbonyl (C=O) groups excluding carboxylic acids is 1. The molecule has 0 aromatic rings. The molecule has 0 radical (unpaired) electrons. The van der Waals surface area contributed by atoms with E-state index in [-0.39, 0.29) is 18.0 Å². The number of piperidine rings is 1. The van der Waals surface area contributed by atoms with Gasteiger partial charge in [-0.3, -0.25) is 4.79 Å². The second kappa shape index (κ2) is 4.24. The SMILES string of the molecule is CC(C)C1CCNC1C(=O)N1C(C#N)CC2CC21. The predicted molar refractivity (Wildman–Crippen MR) is 67.5 cm³/mol. The molecule has 0 aromatic carbocycles. The number of hydrogen-bond donors (Lipinski definition) is 1. The topological polar surface area (TPSA) is 56.1 Å².